The van der Waals surface area contributed by atoms with E-state index in [1.807, 2.05) is 18.2 Å². The van der Waals surface area contributed by atoms with Gasteiger partial charge in [0.15, 0.2) is 0 Å². The van der Waals surface area contributed by atoms with Gasteiger partial charge in [0.2, 0.25) is 0 Å². The van der Waals surface area contributed by atoms with Crippen LogP contribution in [-0.2, 0) is 52.1 Å². The van der Waals surface area contributed by atoms with Crippen molar-refractivity contribution in [2.45, 2.75) is 268 Å². The van der Waals surface area contributed by atoms with Gasteiger partial charge < -0.3 is 18.8 Å². The molecule has 423 valence electrons. The summed E-state index contributed by atoms with van der Waals surface area (Å²) in [5.41, 5.74) is 1.87. The number of benzene rings is 3. The van der Waals surface area contributed by atoms with Crippen molar-refractivity contribution in [3.8, 4) is 0 Å². The van der Waals surface area contributed by atoms with Crippen LogP contribution in [0.4, 0.5) is 0 Å². The molecule has 14 heteroatoms. The fourth-order valence-electron chi connectivity index (χ4n) is 8.89. The maximum absolute atomic E-state index is 11.5. The van der Waals surface area contributed by atoms with Crippen LogP contribution in [0.2, 0.25) is 0 Å². The molecular weight excluding hydrogens is 1020 g/mol. The fraction of sp³-hybridized carbons (Fsp3) is 0.700. The summed E-state index contributed by atoms with van der Waals surface area (Å²) >= 11 is 0. The molecule has 74 heavy (non-hydrogen) atoms. The second kappa shape index (κ2) is 48.2. The first-order valence-corrected chi connectivity index (χ1v) is 33.0. The minimum Gasteiger partial charge on any atom is -0.747 e. The zero-order chi connectivity index (χ0) is 54.5. The summed E-state index contributed by atoms with van der Waals surface area (Å²) in [6, 6.07) is 26.6. The third kappa shape index (κ3) is 43.1. The minimum absolute atomic E-state index is 0. The number of hydrogen-bond acceptors (Lipinski definition) is 10. The molecule has 1 N–H and O–H groups in total. The molecule has 0 amide bonds. The molecule has 0 aliphatic rings. The second-order valence-electron chi connectivity index (χ2n) is 20.2. The van der Waals surface area contributed by atoms with Crippen molar-refractivity contribution >= 4 is 30.4 Å². The van der Waals surface area contributed by atoms with Crippen LogP contribution in [-0.4, -0.2) is 50.1 Å². The smallest absolute Gasteiger partial charge is 0.747 e. The van der Waals surface area contributed by atoms with Gasteiger partial charge in [-0.3, -0.25) is 0 Å². The zero-order valence-corrected chi connectivity index (χ0v) is 50.7. The van der Waals surface area contributed by atoms with Gasteiger partial charge in [-0.25, -0.2) is 25.3 Å². The molecule has 0 spiro atoms. The van der Waals surface area contributed by atoms with Crippen molar-refractivity contribution in [3.05, 3.63) is 108 Å². The predicted molar refractivity (Wildman–Crippen MR) is 303 cm³/mol. The van der Waals surface area contributed by atoms with Crippen molar-refractivity contribution in [3.63, 3.8) is 0 Å². The topological polar surface area (TPSA) is 192 Å². The average molecular weight is 1130 g/mol. The average Bonchev–Trinajstić information content (AvgIpc) is 3.34. The summed E-state index contributed by atoms with van der Waals surface area (Å²) in [7, 11) is -12.8. The quantitative estimate of drug-likeness (QED) is 0.0326. The third-order valence-electron chi connectivity index (χ3n) is 13.0. The summed E-state index contributed by atoms with van der Waals surface area (Å²) in [5.74, 6) is 0. The van der Waals surface area contributed by atoms with Crippen molar-refractivity contribution in [2.75, 3.05) is 0 Å². The summed E-state index contributed by atoms with van der Waals surface area (Å²) in [5, 5.41) is 5.38. The van der Waals surface area contributed by atoms with Gasteiger partial charge in [0.05, 0.1) is 15.7 Å². The summed E-state index contributed by atoms with van der Waals surface area (Å²) in [6.45, 7) is 10.1. The van der Waals surface area contributed by atoms with Crippen LogP contribution in [0.15, 0.2) is 91.0 Å². The second-order valence-corrected chi connectivity index (χ2v) is 24.8. The molecule has 0 saturated carbocycles. The molecular formula is C60H101O10S3Ti. The molecule has 3 rings (SSSR count). The molecule has 0 aliphatic heterocycles. The van der Waals surface area contributed by atoms with Crippen LogP contribution in [0, 0.1) is 0 Å². The van der Waals surface area contributed by atoms with Gasteiger partial charge >= 0.3 is 21.7 Å². The van der Waals surface area contributed by atoms with Crippen LogP contribution in [0.5, 0.6) is 0 Å². The fourth-order valence-corrected chi connectivity index (χ4v) is 11.7. The molecule has 0 heterocycles. The first-order chi connectivity index (χ1) is 34.9. The van der Waals surface area contributed by atoms with Gasteiger partial charge in [0, 0.05) is 6.10 Å². The van der Waals surface area contributed by atoms with Gasteiger partial charge in [-0.15, -0.1) is 0 Å². The maximum atomic E-state index is 11.5. The molecule has 0 aromatic heterocycles. The largest absolute Gasteiger partial charge is 3.00 e. The Balaban J connectivity index is 0. The van der Waals surface area contributed by atoms with E-state index < -0.39 is 46.1 Å². The van der Waals surface area contributed by atoms with Gasteiger partial charge in [-0.05, 0) is 49.8 Å². The van der Waals surface area contributed by atoms with E-state index in [1.165, 1.54) is 135 Å². The monoisotopic (exact) mass is 1130 g/mol. The Bertz CT molecular complexity index is 1780. The van der Waals surface area contributed by atoms with Gasteiger partial charge in [0.25, 0.3) is 0 Å². The zero-order valence-electron chi connectivity index (χ0n) is 46.7. The van der Waals surface area contributed by atoms with Gasteiger partial charge in [0.1, 0.15) is 30.4 Å². The first-order valence-electron chi connectivity index (χ1n) is 28.6. The molecule has 0 bridgehead atoms. The van der Waals surface area contributed by atoms with Crippen LogP contribution in [0.25, 0.3) is 0 Å². The normalized spacial score (nSPS) is 12.7. The van der Waals surface area contributed by atoms with Gasteiger partial charge in [-0.2, -0.15) is 0 Å². The summed E-state index contributed by atoms with van der Waals surface area (Å²) in [4.78, 5) is 0. The number of hydrogen-bond donors (Lipinski definition) is 1. The molecule has 0 saturated heterocycles. The van der Waals surface area contributed by atoms with E-state index in [9.17, 15) is 38.9 Å². The van der Waals surface area contributed by atoms with Crippen molar-refractivity contribution in [1.29, 1.82) is 0 Å². The maximum Gasteiger partial charge on any atom is 3.00 e. The van der Waals surface area contributed by atoms with E-state index >= 15 is 0 Å². The Hall–Kier alpha value is -1.94. The van der Waals surface area contributed by atoms with Crippen LogP contribution in [0.1, 0.15) is 279 Å². The van der Waals surface area contributed by atoms with E-state index in [2.05, 4.69) is 20.8 Å². The minimum atomic E-state index is -4.28. The van der Waals surface area contributed by atoms with Crippen molar-refractivity contribution in [1.82, 2.24) is 0 Å². The summed E-state index contributed by atoms with van der Waals surface area (Å²) < 4.78 is 103. The van der Waals surface area contributed by atoms with E-state index in [1.54, 1.807) is 86.6 Å². The molecule has 3 aromatic rings. The van der Waals surface area contributed by atoms with Gasteiger partial charge in [-0.1, -0.05) is 304 Å². The number of unbranched alkanes of at least 4 members (excludes halogenated alkanes) is 27. The van der Waals surface area contributed by atoms with Crippen LogP contribution < -0.4 is 0 Å². The predicted octanol–water partition coefficient (Wildman–Crippen LogP) is 17.1. The Morgan fingerprint density at radius 3 is 0.622 bits per heavy atom. The van der Waals surface area contributed by atoms with Crippen LogP contribution >= 0.6 is 0 Å². The molecule has 3 aromatic carbocycles. The van der Waals surface area contributed by atoms with Crippen LogP contribution in [0.3, 0.4) is 0 Å². The van der Waals surface area contributed by atoms with Crippen molar-refractivity contribution < 1.29 is 65.7 Å². The standard InChI is InChI=1S/3C19H32O3S.C3H8O.Ti/c3*1-2-3-4-5-6-7-8-9-10-14-17-19(23(20,21)22)18-15-12-11-13-16-18;1-3(2)4;/h3*11-13,15-16,19H,2-10,14,17H2,1H3,(H,20,21,22);3-4H,1-2H3;/q;;;;+3/p-3. The summed E-state index contributed by atoms with van der Waals surface area (Å²) in [6.07, 6.45) is 37.2. The molecule has 10 nitrogen and oxygen atoms in total. The van der Waals surface area contributed by atoms with E-state index in [0.717, 1.165) is 57.8 Å². The molecule has 0 fully saturated rings. The third-order valence-corrected chi connectivity index (χ3v) is 16.6. The van der Waals surface area contributed by atoms with E-state index in [-0.39, 0.29) is 27.8 Å². The number of aliphatic hydroxyl groups is 1. The molecule has 3 atom stereocenters. The molecule has 3 unspecified atom stereocenters. The van der Waals surface area contributed by atoms with E-state index in [0.29, 0.717) is 36.0 Å². The Kier molecular flexibility index (Phi) is 48.3. The molecule has 1 radical (unpaired) electrons. The van der Waals surface area contributed by atoms with E-state index in [4.69, 9.17) is 5.11 Å². The number of rotatable bonds is 39. The Labute approximate surface area is 469 Å². The SMILES string of the molecule is CC(C)O.CCCCCCCCCCCCC(c1ccccc1)S(=O)(=O)[O-].CCCCCCCCCCCCC(c1ccccc1)S(=O)(=O)[O-].CCCCCCCCCCCCC(c1ccccc1)S(=O)(=O)[O-].[Ti+3]. The molecule has 0 aliphatic carbocycles. The first kappa shape index (κ1) is 74.1. The Morgan fingerprint density at radius 2 is 0.473 bits per heavy atom. The Morgan fingerprint density at radius 1 is 0.324 bits per heavy atom. The number of aliphatic hydroxyl groups excluding tert-OH is 1. The van der Waals surface area contributed by atoms with Crippen molar-refractivity contribution in [2.24, 2.45) is 0 Å².